The Labute approximate surface area is 184 Å². The summed E-state index contributed by atoms with van der Waals surface area (Å²) >= 11 is 1.34. The molecule has 31 heavy (non-hydrogen) atoms. The standard InChI is InChI=1S/C25H22N2O3S/c1-3-18-11-13-21(14-12-18)27(17(2)28)25-26-20(16-31-25)15-30-24(29)23-10-6-8-19-7-4-5-9-22(19)23/h4-14,16H,3,15H2,1-2H3. The molecule has 0 N–H and O–H groups in total. The summed E-state index contributed by atoms with van der Waals surface area (Å²) in [6.07, 6.45) is 0.934. The van der Waals surface area contributed by atoms with Gasteiger partial charge in [0.25, 0.3) is 0 Å². The summed E-state index contributed by atoms with van der Waals surface area (Å²) in [6, 6.07) is 21.1. The van der Waals surface area contributed by atoms with Crippen molar-refractivity contribution in [2.24, 2.45) is 0 Å². The Bertz CT molecular complexity index is 1230. The largest absolute Gasteiger partial charge is 0.456 e. The van der Waals surface area contributed by atoms with E-state index in [0.29, 0.717) is 16.4 Å². The Balaban J connectivity index is 1.50. The van der Waals surface area contributed by atoms with Gasteiger partial charge in [-0.15, -0.1) is 11.3 Å². The van der Waals surface area contributed by atoms with Crippen LogP contribution in [0.3, 0.4) is 0 Å². The highest BCUT2D eigenvalue weighted by molar-refractivity contribution is 7.14. The molecule has 0 aliphatic carbocycles. The highest BCUT2D eigenvalue weighted by Gasteiger charge is 2.19. The molecule has 0 atom stereocenters. The number of carbonyl (C=O) groups is 2. The molecular formula is C25H22N2O3S. The minimum Gasteiger partial charge on any atom is -0.456 e. The van der Waals surface area contributed by atoms with Gasteiger partial charge in [0.15, 0.2) is 5.13 Å². The zero-order chi connectivity index (χ0) is 21.8. The van der Waals surface area contributed by atoms with E-state index in [-0.39, 0.29) is 12.5 Å². The molecule has 0 unspecified atom stereocenters. The summed E-state index contributed by atoms with van der Waals surface area (Å²) in [5.41, 5.74) is 3.09. The molecule has 0 fully saturated rings. The van der Waals surface area contributed by atoms with Gasteiger partial charge in [0, 0.05) is 12.3 Å². The average Bonchev–Trinajstić information content (AvgIpc) is 3.25. The van der Waals surface area contributed by atoms with Crippen LogP contribution in [0.25, 0.3) is 10.8 Å². The number of amides is 1. The van der Waals surface area contributed by atoms with Gasteiger partial charge in [-0.25, -0.2) is 9.78 Å². The molecule has 0 spiro atoms. The van der Waals surface area contributed by atoms with Gasteiger partial charge < -0.3 is 4.74 Å². The SMILES string of the molecule is CCc1ccc(N(C(C)=O)c2nc(COC(=O)c3cccc4ccccc34)cs2)cc1. The van der Waals surface area contributed by atoms with Crippen molar-refractivity contribution in [2.45, 2.75) is 26.9 Å². The predicted octanol–water partition coefficient (Wildman–Crippen LogP) is 5.90. The van der Waals surface area contributed by atoms with E-state index in [2.05, 4.69) is 11.9 Å². The van der Waals surface area contributed by atoms with Gasteiger partial charge >= 0.3 is 5.97 Å². The first kappa shape index (κ1) is 20.8. The molecule has 6 heteroatoms. The van der Waals surface area contributed by atoms with Crippen molar-refractivity contribution in [2.75, 3.05) is 4.90 Å². The van der Waals surface area contributed by atoms with E-state index in [9.17, 15) is 9.59 Å². The van der Waals surface area contributed by atoms with Crippen molar-refractivity contribution in [1.29, 1.82) is 0 Å². The van der Waals surface area contributed by atoms with Crippen molar-refractivity contribution in [1.82, 2.24) is 4.98 Å². The second-order valence-corrected chi connectivity index (χ2v) is 7.94. The quantitative estimate of drug-likeness (QED) is 0.357. The fourth-order valence-electron chi connectivity index (χ4n) is 3.39. The monoisotopic (exact) mass is 430 g/mol. The number of benzene rings is 3. The number of rotatable bonds is 6. The number of hydrogen-bond donors (Lipinski definition) is 0. The zero-order valence-electron chi connectivity index (χ0n) is 17.4. The lowest BCUT2D eigenvalue weighted by atomic mass is 10.1. The van der Waals surface area contributed by atoms with Crippen LogP contribution in [0.4, 0.5) is 10.8 Å². The normalized spacial score (nSPS) is 10.8. The van der Waals surface area contributed by atoms with Crippen LogP contribution < -0.4 is 4.90 Å². The molecule has 0 bridgehead atoms. The van der Waals surface area contributed by atoms with Gasteiger partial charge in [0.1, 0.15) is 6.61 Å². The second kappa shape index (κ2) is 9.10. The Hall–Kier alpha value is -3.51. The third kappa shape index (κ3) is 4.49. The number of nitrogens with zero attached hydrogens (tertiary/aromatic N) is 2. The molecule has 0 radical (unpaired) electrons. The van der Waals surface area contributed by atoms with Gasteiger partial charge in [-0.05, 0) is 41.0 Å². The number of esters is 1. The van der Waals surface area contributed by atoms with E-state index >= 15 is 0 Å². The fraction of sp³-hybridized carbons (Fsp3) is 0.160. The van der Waals surface area contributed by atoms with Gasteiger partial charge in [-0.2, -0.15) is 0 Å². The number of hydrogen-bond acceptors (Lipinski definition) is 5. The Morgan fingerprint density at radius 2 is 1.74 bits per heavy atom. The molecule has 0 saturated carbocycles. The van der Waals surface area contributed by atoms with E-state index in [4.69, 9.17) is 4.74 Å². The van der Waals surface area contributed by atoms with Crippen LogP contribution in [-0.2, 0) is 22.6 Å². The van der Waals surface area contributed by atoms with Crippen LogP contribution in [0.2, 0.25) is 0 Å². The van der Waals surface area contributed by atoms with Crippen LogP contribution in [0.5, 0.6) is 0 Å². The van der Waals surface area contributed by atoms with Gasteiger partial charge in [0.05, 0.1) is 16.9 Å². The Morgan fingerprint density at radius 1 is 1.00 bits per heavy atom. The van der Waals surface area contributed by atoms with E-state index in [1.54, 1.807) is 11.0 Å². The first-order valence-corrected chi connectivity index (χ1v) is 10.9. The molecular weight excluding hydrogens is 408 g/mol. The Morgan fingerprint density at radius 3 is 2.48 bits per heavy atom. The average molecular weight is 431 g/mol. The fourth-order valence-corrected chi connectivity index (χ4v) is 4.27. The van der Waals surface area contributed by atoms with Crippen LogP contribution in [-0.4, -0.2) is 16.9 Å². The summed E-state index contributed by atoms with van der Waals surface area (Å²) in [7, 11) is 0. The number of fused-ring (bicyclic) bond motifs is 1. The molecule has 1 aromatic heterocycles. The molecule has 0 aliphatic rings. The third-order valence-electron chi connectivity index (χ3n) is 5.01. The van der Waals surface area contributed by atoms with Crippen LogP contribution in [0, 0.1) is 0 Å². The van der Waals surface area contributed by atoms with Crippen molar-refractivity contribution in [3.63, 3.8) is 0 Å². The molecule has 5 nitrogen and oxygen atoms in total. The van der Waals surface area contributed by atoms with E-state index < -0.39 is 5.97 Å². The topological polar surface area (TPSA) is 59.5 Å². The Kier molecular flexibility index (Phi) is 6.09. The van der Waals surface area contributed by atoms with Gasteiger partial charge in [-0.1, -0.05) is 55.5 Å². The molecule has 0 saturated heterocycles. The smallest absolute Gasteiger partial charge is 0.339 e. The molecule has 156 valence electrons. The first-order chi connectivity index (χ1) is 15.1. The van der Waals surface area contributed by atoms with E-state index in [1.165, 1.54) is 23.8 Å². The molecule has 1 amide bonds. The molecule has 4 aromatic rings. The number of carbonyl (C=O) groups excluding carboxylic acids is 2. The minimum atomic E-state index is -0.398. The van der Waals surface area contributed by atoms with Crippen LogP contribution >= 0.6 is 11.3 Å². The number of aryl methyl sites for hydroxylation is 1. The van der Waals surface area contributed by atoms with E-state index in [0.717, 1.165) is 22.9 Å². The highest BCUT2D eigenvalue weighted by Crippen LogP contribution is 2.29. The number of thiazole rings is 1. The van der Waals surface area contributed by atoms with Crippen molar-refractivity contribution < 1.29 is 14.3 Å². The molecule has 1 heterocycles. The lowest BCUT2D eigenvalue weighted by Crippen LogP contribution is -2.22. The molecule has 4 rings (SSSR count). The summed E-state index contributed by atoms with van der Waals surface area (Å²) in [6.45, 7) is 3.64. The van der Waals surface area contributed by atoms with Crippen LogP contribution in [0.1, 0.15) is 35.5 Å². The number of aromatic nitrogens is 1. The highest BCUT2D eigenvalue weighted by atomic mass is 32.1. The van der Waals surface area contributed by atoms with Crippen molar-refractivity contribution in [3.05, 3.63) is 88.9 Å². The van der Waals surface area contributed by atoms with Crippen molar-refractivity contribution in [3.8, 4) is 0 Å². The lowest BCUT2D eigenvalue weighted by molar-refractivity contribution is -0.115. The molecule has 3 aromatic carbocycles. The summed E-state index contributed by atoms with van der Waals surface area (Å²) < 4.78 is 5.51. The van der Waals surface area contributed by atoms with E-state index in [1.807, 2.05) is 66.0 Å². The number of anilines is 2. The summed E-state index contributed by atoms with van der Waals surface area (Å²) in [5, 5.41) is 4.20. The maximum Gasteiger partial charge on any atom is 0.339 e. The second-order valence-electron chi connectivity index (χ2n) is 7.10. The maximum atomic E-state index is 12.7. The zero-order valence-corrected chi connectivity index (χ0v) is 18.2. The first-order valence-electron chi connectivity index (χ1n) is 10.1. The van der Waals surface area contributed by atoms with Crippen LogP contribution in [0.15, 0.2) is 72.1 Å². The summed E-state index contributed by atoms with van der Waals surface area (Å²) in [5.74, 6) is -0.525. The minimum absolute atomic E-state index is 0.0407. The lowest BCUT2D eigenvalue weighted by Gasteiger charge is -2.18. The van der Waals surface area contributed by atoms with Crippen molar-refractivity contribution >= 4 is 44.8 Å². The summed E-state index contributed by atoms with van der Waals surface area (Å²) in [4.78, 5) is 31.0. The maximum absolute atomic E-state index is 12.7. The molecule has 0 aliphatic heterocycles. The van der Waals surface area contributed by atoms with Gasteiger partial charge in [0.2, 0.25) is 5.91 Å². The predicted molar refractivity (Wildman–Crippen MR) is 124 cm³/mol. The third-order valence-corrected chi connectivity index (χ3v) is 5.88. The van der Waals surface area contributed by atoms with Gasteiger partial charge in [-0.3, -0.25) is 9.69 Å². The number of ether oxygens (including phenoxy) is 1.